The van der Waals surface area contributed by atoms with Gasteiger partial charge in [-0.1, -0.05) is 0 Å². The smallest absolute Gasteiger partial charge is 0 e. The molecular formula is H3AlB12. The maximum atomic E-state index is 0. The van der Waals surface area contributed by atoms with E-state index in [0.29, 0.717) is 0 Å². The summed E-state index contributed by atoms with van der Waals surface area (Å²) in [6, 6.07) is 0. The highest BCUT2D eigenvalue weighted by atomic mass is 27.0. The Morgan fingerprint density at radius 1 is 0.154 bits per heavy atom. The Morgan fingerprint density at radius 3 is 0.154 bits per heavy atom. The summed E-state index contributed by atoms with van der Waals surface area (Å²) in [5.41, 5.74) is 0. The molecule has 13 heteroatoms. The van der Waals surface area contributed by atoms with Gasteiger partial charge >= 0.3 is 0 Å². The Morgan fingerprint density at radius 2 is 0.154 bits per heavy atom. The van der Waals surface area contributed by atoms with Crippen molar-refractivity contribution in [2.75, 3.05) is 0 Å². The molecule has 42 valence electrons. The van der Waals surface area contributed by atoms with E-state index < -0.39 is 0 Å². The van der Waals surface area contributed by atoms with Crippen molar-refractivity contribution in [3.05, 3.63) is 0 Å². The van der Waals surface area contributed by atoms with Gasteiger partial charge in [0.15, 0.2) is 17.4 Å². The summed E-state index contributed by atoms with van der Waals surface area (Å²) < 4.78 is 0. The molecule has 0 saturated carbocycles. The van der Waals surface area contributed by atoms with Gasteiger partial charge in [0.25, 0.3) is 0 Å². The first-order chi connectivity index (χ1) is 0. The van der Waals surface area contributed by atoms with Crippen molar-refractivity contribution >= 4 is 118 Å². The van der Waals surface area contributed by atoms with Crippen LogP contribution in [0.25, 0.3) is 0 Å². The minimum atomic E-state index is 0. The number of hydrogen-bond donors (Lipinski definition) is 0. The van der Waals surface area contributed by atoms with Gasteiger partial charge < -0.3 is 0 Å². The van der Waals surface area contributed by atoms with Gasteiger partial charge in [0.2, 0.25) is 0 Å². The molecule has 0 aromatic carbocycles. The van der Waals surface area contributed by atoms with Gasteiger partial charge in [0, 0.05) is 101 Å². The van der Waals surface area contributed by atoms with E-state index >= 15 is 0 Å². The molecule has 36 radical (unpaired) electrons. The van der Waals surface area contributed by atoms with Crippen molar-refractivity contribution in [1.82, 2.24) is 0 Å². The van der Waals surface area contributed by atoms with Gasteiger partial charge in [-0.3, -0.25) is 0 Å². The largest absolute Gasteiger partial charge is 0.187 e. The lowest BCUT2D eigenvalue weighted by Crippen LogP contribution is -0.382. The molecule has 0 nitrogen and oxygen atoms in total. The molecule has 13 heavy (non-hydrogen) atoms. The SMILES string of the molecule is [AlH3].[B].[B].[B].[B].[B].[B].[B].[B].[B].[B].[B].[B]. The fourth-order valence-electron chi connectivity index (χ4n) is 0. The molecular weight excluding hydrogens is 157 g/mol. The Labute approximate surface area is 118 Å². The summed E-state index contributed by atoms with van der Waals surface area (Å²) in [7, 11) is 0. The van der Waals surface area contributed by atoms with E-state index in [9.17, 15) is 0 Å². The lowest BCUT2D eigenvalue weighted by Gasteiger charge is -0.00100. The summed E-state index contributed by atoms with van der Waals surface area (Å²) in [4.78, 5) is 0. The number of hydrogen-bond acceptors (Lipinski definition) is 0. The molecule has 0 aliphatic rings. The van der Waals surface area contributed by atoms with Crippen molar-refractivity contribution in [3.8, 4) is 0 Å². The normalized spacial score (nSPS) is 0. The third kappa shape index (κ3) is 990. The van der Waals surface area contributed by atoms with Crippen LogP contribution in [0.4, 0.5) is 0 Å². The molecule has 0 saturated heterocycles. The second-order valence-electron chi connectivity index (χ2n) is 0. The Bertz CT molecular complexity index is 5.09. The molecule has 0 rings (SSSR count). The van der Waals surface area contributed by atoms with Crippen molar-refractivity contribution < 1.29 is 0 Å². The van der Waals surface area contributed by atoms with Crippen LogP contribution >= 0.6 is 0 Å². The lowest BCUT2D eigenvalue weighted by molar-refractivity contribution is 5.75. The molecule has 0 bridgehead atoms. The van der Waals surface area contributed by atoms with Crippen LogP contribution in [0.2, 0.25) is 0 Å². The van der Waals surface area contributed by atoms with Crippen LogP contribution in [0.15, 0.2) is 0 Å². The topological polar surface area (TPSA) is 0 Å². The molecule has 0 N–H and O–H groups in total. The van der Waals surface area contributed by atoms with Crippen molar-refractivity contribution in [1.29, 1.82) is 0 Å². The third-order valence-corrected chi connectivity index (χ3v) is 0. The van der Waals surface area contributed by atoms with E-state index in [1.165, 1.54) is 0 Å². The van der Waals surface area contributed by atoms with Crippen LogP contribution in [0.5, 0.6) is 0 Å². The van der Waals surface area contributed by atoms with Crippen molar-refractivity contribution in [3.63, 3.8) is 0 Å². The van der Waals surface area contributed by atoms with Crippen LogP contribution in [0, 0.1) is 0 Å². The lowest BCUT2D eigenvalue weighted by atomic mass is 10.8. The summed E-state index contributed by atoms with van der Waals surface area (Å²) >= 11 is 0. The fourth-order valence-corrected chi connectivity index (χ4v) is 0. The van der Waals surface area contributed by atoms with Crippen LogP contribution < -0.4 is 0 Å². The van der Waals surface area contributed by atoms with Crippen LogP contribution in [0.1, 0.15) is 0 Å². The van der Waals surface area contributed by atoms with Crippen LogP contribution in [0.3, 0.4) is 0 Å². The van der Waals surface area contributed by atoms with E-state index in [0.717, 1.165) is 0 Å². The monoisotopic (exact) mass is 162 g/mol. The van der Waals surface area contributed by atoms with Gasteiger partial charge in [-0.15, -0.1) is 0 Å². The van der Waals surface area contributed by atoms with E-state index in [2.05, 4.69) is 0 Å². The molecule has 0 aromatic heterocycles. The zero-order valence-corrected chi connectivity index (χ0v) is 6.93. The Balaban J connectivity index is 0. The molecule has 0 amide bonds. The first-order valence-electron chi connectivity index (χ1n) is 0. The van der Waals surface area contributed by atoms with Crippen molar-refractivity contribution in [2.24, 2.45) is 0 Å². The zero-order valence-electron chi connectivity index (χ0n) is 6.93. The average molecular weight is 160 g/mol. The predicted molar refractivity (Wildman–Crippen MR) is 79.0 cm³/mol. The van der Waals surface area contributed by atoms with E-state index in [4.69, 9.17) is 0 Å². The highest BCUT2D eigenvalue weighted by Crippen LogP contribution is -0.369. The number of rotatable bonds is 0. The van der Waals surface area contributed by atoms with Gasteiger partial charge in [0.05, 0.1) is 0 Å². The summed E-state index contributed by atoms with van der Waals surface area (Å²) in [6.07, 6.45) is 0. The standard InChI is InChI=1S/Al.12B.3H. The zero-order chi connectivity index (χ0) is 0. The van der Waals surface area contributed by atoms with Gasteiger partial charge in [0.1, 0.15) is 0 Å². The van der Waals surface area contributed by atoms with Gasteiger partial charge in [-0.2, -0.15) is 0 Å². The van der Waals surface area contributed by atoms with Gasteiger partial charge in [-0.25, -0.2) is 0 Å². The molecule has 0 heterocycles. The summed E-state index contributed by atoms with van der Waals surface area (Å²) in [5.74, 6) is 0. The van der Waals surface area contributed by atoms with E-state index in [1.54, 1.807) is 0 Å². The minimum absolute atomic E-state index is 0. The predicted octanol–water partition coefficient (Wildman–Crippen LogP) is -5.75. The first kappa shape index (κ1) is 1470. The van der Waals surface area contributed by atoms with Crippen molar-refractivity contribution in [2.45, 2.75) is 0 Å². The van der Waals surface area contributed by atoms with E-state index in [-0.39, 0.29) is 118 Å². The highest BCUT2D eigenvalue weighted by Gasteiger charge is 0.187. The first-order valence-corrected chi connectivity index (χ1v) is 0. The molecule has 0 unspecified atom stereocenters. The maximum absolute atomic E-state index is 0. The molecule has 0 fully saturated rings. The second-order valence-corrected chi connectivity index (χ2v) is 0. The summed E-state index contributed by atoms with van der Waals surface area (Å²) in [6.45, 7) is 0. The average Bonchev–Trinajstić information content (AvgIpc) is 0. The van der Waals surface area contributed by atoms with E-state index in [1.807, 2.05) is 0 Å². The fraction of sp³-hybridized carbons (Fsp3) is 0. The Kier molecular flexibility index (Phi) is 133000. The quantitative estimate of drug-likeness (QED) is 0.309. The maximum Gasteiger partial charge on any atom is 0.187 e. The Hall–Kier alpha value is 1.31. The molecule has 0 aliphatic carbocycles. The third-order valence-electron chi connectivity index (χ3n) is 0. The highest BCUT2D eigenvalue weighted by molar-refractivity contribution is 5.77. The minimum Gasteiger partial charge on any atom is 0 e. The van der Waals surface area contributed by atoms with Crippen LogP contribution in [-0.2, 0) is 0 Å². The molecule has 0 aliphatic heterocycles. The molecule has 0 atom stereocenters. The van der Waals surface area contributed by atoms with Gasteiger partial charge in [-0.05, 0) is 0 Å². The summed E-state index contributed by atoms with van der Waals surface area (Å²) in [5, 5.41) is 0. The van der Waals surface area contributed by atoms with Crippen LogP contribution in [-0.4, -0.2) is 118 Å². The molecule has 0 spiro atoms. The second kappa shape index (κ2) is 1170. The molecule has 0 aromatic rings.